The zero-order valence-corrected chi connectivity index (χ0v) is 9.45. The van der Waals surface area contributed by atoms with E-state index in [4.69, 9.17) is 4.74 Å². The van der Waals surface area contributed by atoms with E-state index < -0.39 is 6.09 Å². The molecule has 0 saturated heterocycles. The molecule has 0 aliphatic heterocycles. The lowest BCUT2D eigenvalue weighted by Crippen LogP contribution is -2.28. The van der Waals surface area contributed by atoms with Gasteiger partial charge in [0.05, 0.1) is 14.2 Å². The van der Waals surface area contributed by atoms with Crippen molar-refractivity contribution in [3.8, 4) is 5.75 Å². The number of amides is 1. The van der Waals surface area contributed by atoms with Gasteiger partial charge in [0.2, 0.25) is 0 Å². The van der Waals surface area contributed by atoms with E-state index in [-0.39, 0.29) is 0 Å². The van der Waals surface area contributed by atoms with Gasteiger partial charge in [-0.05, 0) is 12.1 Å². The summed E-state index contributed by atoms with van der Waals surface area (Å²) in [6, 6.07) is 7.59. The third-order valence-corrected chi connectivity index (χ3v) is 1.98. The largest absolute Gasteiger partial charge is 0.497 e. The first kappa shape index (κ1) is 12.2. The van der Waals surface area contributed by atoms with Crippen molar-refractivity contribution in [1.82, 2.24) is 5.32 Å². The molecular weight excluding hydrogens is 208 g/mol. The maximum absolute atomic E-state index is 10.7. The van der Waals surface area contributed by atoms with Gasteiger partial charge in [-0.1, -0.05) is 6.07 Å². The van der Waals surface area contributed by atoms with Crippen LogP contribution in [0.25, 0.3) is 0 Å². The van der Waals surface area contributed by atoms with Crippen LogP contribution in [-0.4, -0.2) is 33.4 Å². The normalized spacial score (nSPS) is 9.38. The van der Waals surface area contributed by atoms with Crippen molar-refractivity contribution in [1.29, 1.82) is 0 Å². The van der Waals surface area contributed by atoms with E-state index in [1.54, 1.807) is 7.11 Å². The van der Waals surface area contributed by atoms with E-state index in [0.717, 1.165) is 11.4 Å². The average Bonchev–Trinajstić information content (AvgIpc) is 2.34. The summed E-state index contributed by atoms with van der Waals surface area (Å²) in [4.78, 5) is 10.7. The van der Waals surface area contributed by atoms with E-state index in [2.05, 4.69) is 15.4 Å². The molecular formula is C11H16N2O3. The van der Waals surface area contributed by atoms with E-state index in [0.29, 0.717) is 13.1 Å². The summed E-state index contributed by atoms with van der Waals surface area (Å²) in [5.41, 5.74) is 0.950. The standard InChI is InChI=1S/C11H16N2O3/c1-15-10-5-3-4-9(8-10)12-6-7-13-11(14)16-2/h3-5,8,12H,6-7H2,1-2H3,(H,13,14). The first-order valence-corrected chi connectivity index (χ1v) is 4.96. The summed E-state index contributed by atoms with van der Waals surface area (Å²) in [5.74, 6) is 0.797. The highest BCUT2D eigenvalue weighted by Gasteiger charge is 1.97. The Kier molecular flexibility index (Phi) is 4.98. The number of anilines is 1. The quantitative estimate of drug-likeness (QED) is 0.743. The highest BCUT2D eigenvalue weighted by Crippen LogP contribution is 2.15. The first-order chi connectivity index (χ1) is 7.76. The Balaban J connectivity index is 2.28. The van der Waals surface area contributed by atoms with Crippen LogP contribution in [0.4, 0.5) is 10.5 Å². The van der Waals surface area contributed by atoms with Gasteiger partial charge in [-0.25, -0.2) is 4.79 Å². The minimum absolute atomic E-state index is 0.424. The van der Waals surface area contributed by atoms with Crippen molar-refractivity contribution in [3.63, 3.8) is 0 Å². The zero-order chi connectivity index (χ0) is 11.8. The first-order valence-electron chi connectivity index (χ1n) is 4.96. The molecule has 1 amide bonds. The number of rotatable bonds is 5. The molecule has 5 nitrogen and oxygen atoms in total. The molecule has 2 N–H and O–H groups in total. The predicted octanol–water partition coefficient (Wildman–Crippen LogP) is 1.46. The minimum Gasteiger partial charge on any atom is -0.497 e. The van der Waals surface area contributed by atoms with Crippen LogP contribution >= 0.6 is 0 Å². The van der Waals surface area contributed by atoms with Crippen molar-refractivity contribution in [3.05, 3.63) is 24.3 Å². The summed E-state index contributed by atoms with van der Waals surface area (Å²) >= 11 is 0. The van der Waals surface area contributed by atoms with Gasteiger partial charge in [0.15, 0.2) is 0 Å². The SMILES string of the molecule is COC(=O)NCCNc1cccc(OC)c1. The Morgan fingerprint density at radius 3 is 2.81 bits per heavy atom. The fourth-order valence-corrected chi connectivity index (χ4v) is 1.18. The Bertz CT molecular complexity index is 342. The van der Waals surface area contributed by atoms with Crippen LogP contribution in [0.2, 0.25) is 0 Å². The summed E-state index contributed by atoms with van der Waals surface area (Å²) in [7, 11) is 2.96. The molecule has 0 fully saturated rings. The molecule has 0 spiro atoms. The maximum Gasteiger partial charge on any atom is 0.406 e. The number of hydrogen-bond donors (Lipinski definition) is 2. The molecule has 16 heavy (non-hydrogen) atoms. The van der Waals surface area contributed by atoms with Crippen molar-refractivity contribution < 1.29 is 14.3 Å². The second kappa shape index (κ2) is 6.55. The lowest BCUT2D eigenvalue weighted by molar-refractivity contribution is 0.171. The van der Waals surface area contributed by atoms with Gasteiger partial charge >= 0.3 is 6.09 Å². The Labute approximate surface area is 94.7 Å². The monoisotopic (exact) mass is 224 g/mol. The Morgan fingerprint density at radius 1 is 1.31 bits per heavy atom. The highest BCUT2D eigenvalue weighted by atomic mass is 16.5. The van der Waals surface area contributed by atoms with Crippen LogP contribution in [0.5, 0.6) is 5.75 Å². The lowest BCUT2D eigenvalue weighted by atomic mass is 10.3. The summed E-state index contributed by atoms with van der Waals surface area (Å²) in [6.45, 7) is 1.13. The second-order valence-corrected chi connectivity index (χ2v) is 3.08. The summed E-state index contributed by atoms with van der Waals surface area (Å²) in [6.07, 6.45) is -0.424. The number of ether oxygens (including phenoxy) is 2. The number of carbonyl (C=O) groups is 1. The summed E-state index contributed by atoms with van der Waals surface area (Å²) in [5, 5.41) is 5.72. The highest BCUT2D eigenvalue weighted by molar-refractivity contribution is 5.66. The van der Waals surface area contributed by atoms with Crippen LogP contribution < -0.4 is 15.4 Å². The lowest BCUT2D eigenvalue weighted by Gasteiger charge is -2.08. The van der Waals surface area contributed by atoms with Crippen molar-refractivity contribution >= 4 is 11.8 Å². The van der Waals surface area contributed by atoms with Crippen molar-refractivity contribution in [2.75, 3.05) is 32.6 Å². The molecule has 0 radical (unpaired) electrons. The Morgan fingerprint density at radius 2 is 2.12 bits per heavy atom. The number of alkyl carbamates (subject to hydrolysis) is 1. The molecule has 0 heterocycles. The van der Waals surface area contributed by atoms with Gasteiger partial charge in [0.25, 0.3) is 0 Å². The number of carbonyl (C=O) groups excluding carboxylic acids is 1. The molecule has 1 rings (SSSR count). The number of nitrogens with one attached hydrogen (secondary N) is 2. The minimum atomic E-state index is -0.424. The van der Waals surface area contributed by atoms with E-state index in [9.17, 15) is 4.79 Å². The molecule has 1 aromatic carbocycles. The van der Waals surface area contributed by atoms with Gasteiger partial charge in [0, 0.05) is 24.8 Å². The topological polar surface area (TPSA) is 59.6 Å². The average molecular weight is 224 g/mol. The number of hydrogen-bond acceptors (Lipinski definition) is 4. The Hall–Kier alpha value is -1.91. The maximum atomic E-state index is 10.7. The van der Waals surface area contributed by atoms with E-state index >= 15 is 0 Å². The third-order valence-electron chi connectivity index (χ3n) is 1.98. The fourth-order valence-electron chi connectivity index (χ4n) is 1.18. The number of methoxy groups -OCH3 is 2. The predicted molar refractivity (Wildman–Crippen MR) is 61.9 cm³/mol. The molecule has 0 aliphatic rings. The second-order valence-electron chi connectivity index (χ2n) is 3.08. The van der Waals surface area contributed by atoms with Crippen LogP contribution in [0.15, 0.2) is 24.3 Å². The molecule has 0 saturated carbocycles. The van der Waals surface area contributed by atoms with Gasteiger partial charge in [-0.15, -0.1) is 0 Å². The zero-order valence-electron chi connectivity index (χ0n) is 9.45. The third kappa shape index (κ3) is 4.08. The molecule has 0 atom stereocenters. The molecule has 0 aliphatic carbocycles. The van der Waals surface area contributed by atoms with Crippen molar-refractivity contribution in [2.24, 2.45) is 0 Å². The number of benzene rings is 1. The van der Waals surface area contributed by atoms with Crippen LogP contribution in [0, 0.1) is 0 Å². The molecule has 0 bridgehead atoms. The molecule has 88 valence electrons. The van der Waals surface area contributed by atoms with E-state index in [1.165, 1.54) is 7.11 Å². The molecule has 0 aromatic heterocycles. The molecule has 1 aromatic rings. The van der Waals surface area contributed by atoms with Gasteiger partial charge in [-0.3, -0.25) is 0 Å². The summed E-state index contributed by atoms with van der Waals surface area (Å²) < 4.78 is 9.53. The fraction of sp³-hybridized carbons (Fsp3) is 0.364. The van der Waals surface area contributed by atoms with Crippen molar-refractivity contribution in [2.45, 2.75) is 0 Å². The molecule has 0 unspecified atom stereocenters. The van der Waals surface area contributed by atoms with Gasteiger partial charge in [-0.2, -0.15) is 0 Å². The van der Waals surface area contributed by atoms with Crippen LogP contribution in [-0.2, 0) is 4.74 Å². The van der Waals surface area contributed by atoms with Crippen LogP contribution in [0.3, 0.4) is 0 Å². The molecule has 5 heteroatoms. The van der Waals surface area contributed by atoms with Crippen LogP contribution in [0.1, 0.15) is 0 Å². The smallest absolute Gasteiger partial charge is 0.406 e. The van der Waals surface area contributed by atoms with Gasteiger partial charge in [0.1, 0.15) is 5.75 Å². The van der Waals surface area contributed by atoms with E-state index in [1.807, 2.05) is 24.3 Å². The van der Waals surface area contributed by atoms with Gasteiger partial charge < -0.3 is 20.1 Å².